The van der Waals surface area contributed by atoms with E-state index in [1.54, 1.807) is 0 Å². The molecule has 0 unspecified atom stereocenters. The molecule has 2 aromatic carbocycles. The van der Waals surface area contributed by atoms with Crippen LogP contribution in [0.1, 0.15) is 37.3 Å². The third-order valence-electron chi connectivity index (χ3n) is 5.52. The highest BCUT2D eigenvalue weighted by Crippen LogP contribution is 2.25. The normalized spacial score (nSPS) is 15.2. The fraction of sp³-hybridized carbons (Fsp3) is 0.458. The van der Waals surface area contributed by atoms with Gasteiger partial charge in [-0.05, 0) is 81.1 Å². The van der Waals surface area contributed by atoms with Crippen LogP contribution >= 0.6 is 23.2 Å². The SMILES string of the molecule is CCOc1ccc(CCCNC(=O)C2CCN(Cc3ccc(Cl)c(Cl)c3)CC2)cc1. The van der Waals surface area contributed by atoms with Crippen LogP contribution in [0.3, 0.4) is 0 Å². The van der Waals surface area contributed by atoms with E-state index in [9.17, 15) is 4.79 Å². The van der Waals surface area contributed by atoms with Gasteiger partial charge in [0.15, 0.2) is 0 Å². The lowest BCUT2D eigenvalue weighted by atomic mass is 9.95. The van der Waals surface area contributed by atoms with Crippen LogP contribution in [0.2, 0.25) is 10.0 Å². The summed E-state index contributed by atoms with van der Waals surface area (Å²) in [7, 11) is 0. The Morgan fingerprint density at radius 3 is 2.43 bits per heavy atom. The van der Waals surface area contributed by atoms with Crippen molar-refractivity contribution in [2.75, 3.05) is 26.2 Å². The van der Waals surface area contributed by atoms with Gasteiger partial charge in [0.1, 0.15) is 5.75 Å². The zero-order valence-corrected chi connectivity index (χ0v) is 19.0. The predicted octanol–water partition coefficient (Wildman–Crippen LogP) is 5.35. The van der Waals surface area contributed by atoms with Gasteiger partial charge in [-0.25, -0.2) is 0 Å². The van der Waals surface area contributed by atoms with Crippen molar-refractivity contribution in [1.82, 2.24) is 10.2 Å². The van der Waals surface area contributed by atoms with Gasteiger partial charge in [-0.15, -0.1) is 0 Å². The van der Waals surface area contributed by atoms with Crippen LogP contribution in [0.5, 0.6) is 5.75 Å². The summed E-state index contributed by atoms with van der Waals surface area (Å²) in [6.07, 6.45) is 3.68. The Morgan fingerprint density at radius 2 is 1.77 bits per heavy atom. The van der Waals surface area contributed by atoms with E-state index in [1.165, 1.54) is 5.56 Å². The van der Waals surface area contributed by atoms with Crippen molar-refractivity contribution in [3.63, 3.8) is 0 Å². The summed E-state index contributed by atoms with van der Waals surface area (Å²) in [4.78, 5) is 14.9. The number of amides is 1. The number of carbonyl (C=O) groups is 1. The Morgan fingerprint density at radius 1 is 1.07 bits per heavy atom. The largest absolute Gasteiger partial charge is 0.494 e. The monoisotopic (exact) mass is 448 g/mol. The van der Waals surface area contributed by atoms with Gasteiger partial charge in [0.05, 0.1) is 16.7 Å². The van der Waals surface area contributed by atoms with E-state index in [0.29, 0.717) is 16.7 Å². The van der Waals surface area contributed by atoms with E-state index < -0.39 is 0 Å². The maximum absolute atomic E-state index is 12.5. The number of nitrogens with one attached hydrogen (secondary N) is 1. The molecule has 6 heteroatoms. The van der Waals surface area contributed by atoms with Gasteiger partial charge in [0.25, 0.3) is 0 Å². The van der Waals surface area contributed by atoms with Crippen LogP contribution < -0.4 is 10.1 Å². The molecule has 0 bridgehead atoms. The predicted molar refractivity (Wildman–Crippen MR) is 123 cm³/mol. The molecule has 2 aromatic rings. The quantitative estimate of drug-likeness (QED) is 0.525. The minimum Gasteiger partial charge on any atom is -0.494 e. The lowest BCUT2D eigenvalue weighted by Gasteiger charge is -2.31. The number of hydrogen-bond acceptors (Lipinski definition) is 3. The van der Waals surface area contributed by atoms with E-state index in [4.69, 9.17) is 27.9 Å². The van der Waals surface area contributed by atoms with Crippen molar-refractivity contribution in [2.45, 2.75) is 39.2 Å². The maximum Gasteiger partial charge on any atom is 0.223 e. The number of ether oxygens (including phenoxy) is 1. The molecule has 3 rings (SSSR count). The number of piperidine rings is 1. The molecule has 1 heterocycles. The lowest BCUT2D eigenvalue weighted by Crippen LogP contribution is -2.40. The number of benzene rings is 2. The first-order chi connectivity index (χ1) is 14.5. The molecule has 1 fully saturated rings. The second kappa shape index (κ2) is 11.6. The van der Waals surface area contributed by atoms with Crippen molar-refractivity contribution in [1.29, 1.82) is 0 Å². The molecule has 0 aromatic heterocycles. The first-order valence-corrected chi connectivity index (χ1v) is 11.5. The third kappa shape index (κ3) is 6.90. The van der Waals surface area contributed by atoms with Crippen LogP contribution in [0.25, 0.3) is 0 Å². The standard InChI is InChI=1S/C24H30Cl2N2O2/c1-2-30-21-8-5-18(6-9-21)4-3-13-27-24(29)20-11-14-28(15-12-20)17-19-7-10-22(25)23(26)16-19/h5-10,16,20H,2-4,11-15,17H2,1H3,(H,27,29). The fourth-order valence-corrected chi connectivity index (χ4v) is 4.14. The Kier molecular flexibility index (Phi) is 8.86. The van der Waals surface area contributed by atoms with Gasteiger partial charge < -0.3 is 10.1 Å². The summed E-state index contributed by atoms with van der Waals surface area (Å²) >= 11 is 12.1. The van der Waals surface area contributed by atoms with Gasteiger partial charge in [-0.2, -0.15) is 0 Å². The van der Waals surface area contributed by atoms with Crippen LogP contribution in [0.15, 0.2) is 42.5 Å². The van der Waals surface area contributed by atoms with Gasteiger partial charge >= 0.3 is 0 Å². The molecule has 1 aliphatic heterocycles. The second-order valence-corrected chi connectivity index (χ2v) is 8.58. The summed E-state index contributed by atoms with van der Waals surface area (Å²) in [6.45, 7) is 6.06. The van der Waals surface area contributed by atoms with Gasteiger partial charge in [0, 0.05) is 19.0 Å². The highest BCUT2D eigenvalue weighted by Gasteiger charge is 2.24. The van der Waals surface area contributed by atoms with E-state index in [1.807, 2.05) is 37.3 Å². The first-order valence-electron chi connectivity index (χ1n) is 10.7. The minimum atomic E-state index is 0.112. The summed E-state index contributed by atoms with van der Waals surface area (Å²) in [5.74, 6) is 1.21. The molecule has 0 saturated carbocycles. The third-order valence-corrected chi connectivity index (χ3v) is 6.26. The van der Waals surface area contributed by atoms with E-state index in [0.717, 1.165) is 63.2 Å². The van der Waals surface area contributed by atoms with Crippen molar-refractivity contribution in [2.24, 2.45) is 5.92 Å². The van der Waals surface area contributed by atoms with Crippen molar-refractivity contribution in [3.05, 3.63) is 63.6 Å². The van der Waals surface area contributed by atoms with Crippen LogP contribution in [-0.2, 0) is 17.8 Å². The summed E-state index contributed by atoms with van der Waals surface area (Å²) in [5, 5.41) is 4.29. The molecule has 4 nitrogen and oxygen atoms in total. The summed E-state index contributed by atoms with van der Waals surface area (Å²) in [5.41, 5.74) is 2.42. The second-order valence-electron chi connectivity index (χ2n) is 7.77. The molecule has 0 spiro atoms. The molecular formula is C24H30Cl2N2O2. The zero-order chi connectivity index (χ0) is 21.3. The fourth-order valence-electron chi connectivity index (χ4n) is 3.82. The van der Waals surface area contributed by atoms with Gasteiger partial charge in [-0.1, -0.05) is 41.4 Å². The van der Waals surface area contributed by atoms with Crippen molar-refractivity contribution >= 4 is 29.1 Å². The molecule has 0 radical (unpaired) electrons. The average molecular weight is 449 g/mol. The molecule has 1 aliphatic rings. The number of aryl methyl sites for hydroxylation is 1. The highest BCUT2D eigenvalue weighted by molar-refractivity contribution is 6.42. The smallest absolute Gasteiger partial charge is 0.223 e. The van der Waals surface area contributed by atoms with E-state index in [-0.39, 0.29) is 11.8 Å². The molecule has 1 amide bonds. The maximum atomic E-state index is 12.5. The lowest BCUT2D eigenvalue weighted by molar-refractivity contribution is -0.126. The molecule has 1 N–H and O–H groups in total. The molecule has 162 valence electrons. The Balaban J connectivity index is 1.33. The van der Waals surface area contributed by atoms with E-state index in [2.05, 4.69) is 22.3 Å². The number of hydrogen-bond donors (Lipinski definition) is 1. The number of nitrogens with zero attached hydrogens (tertiary/aromatic N) is 1. The highest BCUT2D eigenvalue weighted by atomic mass is 35.5. The van der Waals surface area contributed by atoms with E-state index >= 15 is 0 Å². The minimum absolute atomic E-state index is 0.112. The number of likely N-dealkylation sites (tertiary alicyclic amines) is 1. The molecule has 30 heavy (non-hydrogen) atoms. The van der Waals surface area contributed by atoms with Gasteiger partial charge in [0.2, 0.25) is 5.91 Å². The molecule has 0 atom stereocenters. The molecular weight excluding hydrogens is 419 g/mol. The average Bonchev–Trinajstić information content (AvgIpc) is 2.75. The van der Waals surface area contributed by atoms with Crippen LogP contribution in [0, 0.1) is 5.92 Å². The van der Waals surface area contributed by atoms with Crippen molar-refractivity contribution in [3.8, 4) is 5.75 Å². The Hall–Kier alpha value is -1.75. The number of carbonyl (C=O) groups excluding carboxylic acids is 1. The van der Waals surface area contributed by atoms with Crippen LogP contribution in [-0.4, -0.2) is 37.0 Å². The summed E-state index contributed by atoms with van der Waals surface area (Å²) < 4.78 is 5.46. The van der Waals surface area contributed by atoms with Crippen molar-refractivity contribution < 1.29 is 9.53 Å². The Labute approximate surface area is 189 Å². The first kappa shape index (κ1) is 22.9. The van der Waals surface area contributed by atoms with Gasteiger partial charge in [-0.3, -0.25) is 9.69 Å². The zero-order valence-electron chi connectivity index (χ0n) is 17.5. The Bertz CT molecular complexity index is 818. The summed E-state index contributed by atoms with van der Waals surface area (Å²) in [6, 6.07) is 14.0. The van der Waals surface area contributed by atoms with Crippen LogP contribution in [0.4, 0.5) is 0 Å². The molecule has 0 aliphatic carbocycles. The molecule has 1 saturated heterocycles. The number of rotatable bonds is 9. The topological polar surface area (TPSA) is 41.6 Å². The number of halogens is 2.